The number of aromatic amines is 1. The first-order valence-corrected chi connectivity index (χ1v) is 7.15. The van der Waals surface area contributed by atoms with Crippen molar-refractivity contribution in [2.75, 3.05) is 13.1 Å². The van der Waals surface area contributed by atoms with E-state index in [0.29, 0.717) is 6.04 Å². The Morgan fingerprint density at radius 1 is 1.26 bits per heavy atom. The van der Waals surface area contributed by atoms with Gasteiger partial charge in [-0.3, -0.25) is 4.90 Å². The van der Waals surface area contributed by atoms with E-state index < -0.39 is 0 Å². The van der Waals surface area contributed by atoms with Gasteiger partial charge in [-0.05, 0) is 37.4 Å². The Labute approximate surface area is 112 Å². The lowest BCUT2D eigenvalue weighted by Crippen LogP contribution is -2.41. The summed E-state index contributed by atoms with van der Waals surface area (Å²) in [5.74, 6) is 0.235. The summed E-state index contributed by atoms with van der Waals surface area (Å²) in [5, 5.41) is 1.37. The Balaban J connectivity index is 1.82. The van der Waals surface area contributed by atoms with Crippen molar-refractivity contribution in [3.05, 3.63) is 35.5 Å². The molecular weight excluding hydrogens is 236 g/mol. The second-order valence-corrected chi connectivity index (χ2v) is 5.79. The number of piperidine rings is 1. The third-order valence-corrected chi connectivity index (χ3v) is 4.78. The highest BCUT2D eigenvalue weighted by Crippen LogP contribution is 2.40. The number of nitrogens with one attached hydrogen (secondary N) is 1. The van der Waals surface area contributed by atoms with E-state index in [1.165, 1.54) is 22.2 Å². The van der Waals surface area contributed by atoms with Crippen molar-refractivity contribution in [1.82, 2.24) is 9.88 Å². The van der Waals surface area contributed by atoms with Gasteiger partial charge in [0, 0.05) is 29.1 Å². The predicted octanol–water partition coefficient (Wildman–Crippen LogP) is 2.68. The van der Waals surface area contributed by atoms with Gasteiger partial charge in [0.2, 0.25) is 0 Å². The molecule has 0 spiro atoms. The highest BCUT2D eigenvalue weighted by molar-refractivity contribution is 5.85. The zero-order chi connectivity index (χ0) is 12.8. The van der Waals surface area contributed by atoms with E-state index >= 15 is 0 Å². The number of rotatable bonds is 1. The average Bonchev–Trinajstić information content (AvgIpc) is 2.85. The number of hydrogen-bond acceptors (Lipinski definition) is 2. The van der Waals surface area contributed by atoms with Crippen molar-refractivity contribution >= 4 is 17.2 Å². The van der Waals surface area contributed by atoms with E-state index in [-0.39, 0.29) is 5.92 Å². The van der Waals surface area contributed by atoms with Gasteiger partial charge in [-0.15, -0.1) is 0 Å². The van der Waals surface area contributed by atoms with Crippen LogP contribution in [0.3, 0.4) is 0 Å². The smallest absolute Gasteiger partial charge is 0.123 e. The topological polar surface area (TPSA) is 36.1 Å². The van der Waals surface area contributed by atoms with Crippen LogP contribution in [0.5, 0.6) is 0 Å². The van der Waals surface area contributed by atoms with Crippen LogP contribution in [0.1, 0.15) is 30.1 Å². The summed E-state index contributed by atoms with van der Waals surface area (Å²) in [5.41, 5.74) is 4.07. The first-order chi connectivity index (χ1) is 9.36. The summed E-state index contributed by atoms with van der Waals surface area (Å²) < 4.78 is 0. The largest absolute Gasteiger partial charge is 0.357 e. The predicted molar refractivity (Wildman–Crippen MR) is 75.1 cm³/mol. The molecule has 0 aliphatic carbocycles. The molecule has 1 aromatic heterocycles. The van der Waals surface area contributed by atoms with Crippen molar-refractivity contribution in [1.29, 1.82) is 0 Å². The van der Waals surface area contributed by atoms with Gasteiger partial charge >= 0.3 is 0 Å². The number of hydrogen-bond donors (Lipinski definition) is 1. The van der Waals surface area contributed by atoms with E-state index in [0.717, 1.165) is 38.6 Å². The fourth-order valence-corrected chi connectivity index (χ4v) is 3.76. The zero-order valence-corrected chi connectivity index (χ0v) is 10.9. The van der Waals surface area contributed by atoms with Crippen LogP contribution < -0.4 is 0 Å². The van der Waals surface area contributed by atoms with Gasteiger partial charge in [0.05, 0.1) is 6.04 Å². The molecule has 3 heteroatoms. The first kappa shape index (κ1) is 11.2. The molecule has 0 saturated carbocycles. The molecule has 2 aliphatic rings. The molecule has 2 atom stereocenters. The number of fused-ring (bicyclic) bond motifs is 5. The van der Waals surface area contributed by atoms with Crippen LogP contribution in [-0.4, -0.2) is 29.3 Å². The fourth-order valence-electron chi connectivity index (χ4n) is 3.76. The fraction of sp³-hybridized carbons (Fsp3) is 0.438. The summed E-state index contributed by atoms with van der Waals surface area (Å²) in [6.07, 6.45) is 4.27. The molecule has 1 N–H and O–H groups in total. The standard InChI is InChI=1S/C16H18N2O/c19-10-11-5-7-18-8-6-13-12-3-1-2-4-14(12)17-16(13)15(18)9-11/h1-4,10-11,15,17H,5-9H2/t11-,15-/m0/s1. The van der Waals surface area contributed by atoms with E-state index in [1.54, 1.807) is 0 Å². The molecule has 3 nitrogen and oxygen atoms in total. The minimum Gasteiger partial charge on any atom is -0.357 e. The lowest BCUT2D eigenvalue weighted by Gasteiger charge is -2.41. The van der Waals surface area contributed by atoms with Gasteiger partial charge < -0.3 is 9.78 Å². The van der Waals surface area contributed by atoms with E-state index in [9.17, 15) is 4.79 Å². The number of aldehydes is 1. The number of aromatic nitrogens is 1. The Hall–Kier alpha value is -1.61. The van der Waals surface area contributed by atoms with Crippen LogP contribution in [0.4, 0.5) is 0 Å². The molecule has 4 rings (SSSR count). The highest BCUT2D eigenvalue weighted by atomic mass is 16.1. The van der Waals surface area contributed by atoms with Gasteiger partial charge in [0.25, 0.3) is 0 Å². The molecule has 3 heterocycles. The number of carbonyl (C=O) groups is 1. The summed E-state index contributed by atoms with van der Waals surface area (Å²) in [7, 11) is 0. The lowest BCUT2D eigenvalue weighted by atomic mass is 9.85. The zero-order valence-electron chi connectivity index (χ0n) is 10.9. The summed E-state index contributed by atoms with van der Waals surface area (Å²) in [4.78, 5) is 17.2. The second kappa shape index (κ2) is 4.20. The minimum absolute atomic E-state index is 0.235. The minimum atomic E-state index is 0.235. The average molecular weight is 254 g/mol. The molecule has 1 fully saturated rings. The Morgan fingerprint density at radius 2 is 2.16 bits per heavy atom. The molecule has 0 bridgehead atoms. The van der Waals surface area contributed by atoms with Crippen molar-refractivity contribution in [2.45, 2.75) is 25.3 Å². The highest BCUT2D eigenvalue weighted by Gasteiger charge is 2.35. The maximum atomic E-state index is 11.1. The lowest BCUT2D eigenvalue weighted by molar-refractivity contribution is -0.113. The molecule has 1 saturated heterocycles. The van der Waals surface area contributed by atoms with Crippen molar-refractivity contribution in [3.63, 3.8) is 0 Å². The summed E-state index contributed by atoms with van der Waals surface area (Å²) in [6.45, 7) is 2.19. The molecule has 98 valence electrons. The van der Waals surface area contributed by atoms with Gasteiger partial charge in [-0.25, -0.2) is 0 Å². The SMILES string of the molecule is O=C[C@H]1CCN2CCc3c([nH]c4ccccc34)[C@@H]2C1. The molecule has 0 amide bonds. The van der Waals surface area contributed by atoms with Crippen molar-refractivity contribution < 1.29 is 4.79 Å². The van der Waals surface area contributed by atoms with Gasteiger partial charge in [-0.1, -0.05) is 18.2 Å². The monoisotopic (exact) mass is 254 g/mol. The third-order valence-electron chi connectivity index (χ3n) is 4.78. The van der Waals surface area contributed by atoms with E-state index in [2.05, 4.69) is 34.1 Å². The number of nitrogens with zero attached hydrogens (tertiary/aromatic N) is 1. The number of benzene rings is 1. The summed E-state index contributed by atoms with van der Waals surface area (Å²) >= 11 is 0. The molecule has 2 aromatic rings. The third kappa shape index (κ3) is 1.65. The van der Waals surface area contributed by atoms with Crippen LogP contribution in [0.15, 0.2) is 24.3 Å². The van der Waals surface area contributed by atoms with Crippen molar-refractivity contribution in [2.24, 2.45) is 5.92 Å². The number of para-hydroxylation sites is 1. The van der Waals surface area contributed by atoms with Crippen LogP contribution in [-0.2, 0) is 11.2 Å². The van der Waals surface area contributed by atoms with Crippen LogP contribution in [0, 0.1) is 5.92 Å². The molecule has 0 unspecified atom stereocenters. The summed E-state index contributed by atoms with van der Waals surface area (Å²) in [6, 6.07) is 8.97. The second-order valence-electron chi connectivity index (χ2n) is 5.79. The number of H-pyrrole nitrogens is 1. The molecule has 2 aliphatic heterocycles. The van der Waals surface area contributed by atoms with Crippen molar-refractivity contribution in [3.8, 4) is 0 Å². The molecule has 0 radical (unpaired) electrons. The van der Waals surface area contributed by atoms with Crippen LogP contribution >= 0.6 is 0 Å². The normalized spacial score (nSPS) is 26.9. The Bertz CT molecular complexity index is 631. The Morgan fingerprint density at radius 3 is 3.05 bits per heavy atom. The quantitative estimate of drug-likeness (QED) is 0.794. The van der Waals surface area contributed by atoms with Gasteiger partial charge in [0.1, 0.15) is 6.29 Å². The van der Waals surface area contributed by atoms with E-state index in [1.807, 2.05) is 0 Å². The molecular formula is C16H18N2O. The molecule has 1 aromatic carbocycles. The van der Waals surface area contributed by atoms with Crippen LogP contribution in [0.25, 0.3) is 10.9 Å². The van der Waals surface area contributed by atoms with Gasteiger partial charge in [-0.2, -0.15) is 0 Å². The van der Waals surface area contributed by atoms with Gasteiger partial charge in [0.15, 0.2) is 0 Å². The molecule has 19 heavy (non-hydrogen) atoms. The van der Waals surface area contributed by atoms with Crippen LogP contribution in [0.2, 0.25) is 0 Å². The first-order valence-electron chi connectivity index (χ1n) is 7.15. The van der Waals surface area contributed by atoms with E-state index in [4.69, 9.17) is 0 Å². The maximum absolute atomic E-state index is 11.1. The maximum Gasteiger partial charge on any atom is 0.123 e. The number of carbonyl (C=O) groups excluding carboxylic acids is 1. The Kier molecular flexibility index (Phi) is 2.49.